The third kappa shape index (κ3) is 16.4. The second-order valence-corrected chi connectivity index (χ2v) is 9.77. The minimum Gasteiger partial charge on any atom is -0.444 e. The molecule has 0 aliphatic rings. The zero-order valence-electron chi connectivity index (χ0n) is 17.5. The Morgan fingerprint density at radius 2 is 1.44 bits per heavy atom. The largest absolute Gasteiger partial charge is 0.444 e. The first-order chi connectivity index (χ1) is 12.1. The Morgan fingerprint density at radius 3 is 1.93 bits per heavy atom. The number of rotatable bonds is 9. The summed E-state index contributed by atoms with van der Waals surface area (Å²) in [4.78, 5) is 25.4. The number of nitrogens with zero attached hydrogens (tertiary/aromatic N) is 1. The van der Waals surface area contributed by atoms with Crippen LogP contribution in [-0.4, -0.2) is 69.2 Å². The van der Waals surface area contributed by atoms with Gasteiger partial charge in [0.05, 0.1) is 12.9 Å². The van der Waals surface area contributed by atoms with E-state index < -0.39 is 33.5 Å². The van der Waals surface area contributed by atoms with E-state index in [-0.39, 0.29) is 13.2 Å². The molecule has 0 fully saturated rings. The van der Waals surface area contributed by atoms with Crippen molar-refractivity contribution in [2.75, 3.05) is 32.5 Å². The average Bonchev–Trinajstić information content (AvgIpc) is 2.40. The van der Waals surface area contributed by atoms with E-state index in [1.807, 2.05) is 0 Å². The third-order valence-corrected chi connectivity index (χ3v) is 3.39. The lowest BCUT2D eigenvalue weighted by Crippen LogP contribution is -2.40. The highest BCUT2D eigenvalue weighted by molar-refractivity contribution is 7.85. The quantitative estimate of drug-likeness (QED) is 0.459. The Labute approximate surface area is 162 Å². The molecule has 0 unspecified atom stereocenters. The molecule has 0 aliphatic heterocycles. The molecule has 0 aromatic carbocycles. The summed E-state index contributed by atoms with van der Waals surface area (Å²) in [5.41, 5.74) is -1.22. The number of carbonyl (C=O) groups excluding carboxylic acids is 2. The zero-order chi connectivity index (χ0) is 21.3. The molecular weight excluding hydrogens is 376 g/mol. The van der Waals surface area contributed by atoms with Crippen LogP contribution in [-0.2, 0) is 23.8 Å². The fourth-order valence-corrected chi connectivity index (χ4v) is 2.28. The SMILES string of the molecule is CC(C)(C)OC(=O)NCCCN(CCCOS(C)(=O)=O)C(=O)OC(C)(C)C. The number of hydrogen-bond donors (Lipinski definition) is 1. The fraction of sp³-hybridized carbons (Fsp3) is 0.882. The van der Waals surface area contributed by atoms with Gasteiger partial charge in [0, 0.05) is 19.6 Å². The van der Waals surface area contributed by atoms with Crippen LogP contribution in [0.15, 0.2) is 0 Å². The van der Waals surface area contributed by atoms with Crippen molar-refractivity contribution in [1.29, 1.82) is 0 Å². The Hall–Kier alpha value is -1.55. The molecule has 2 amide bonds. The molecule has 0 aromatic heterocycles. The normalized spacial score (nSPS) is 12.4. The Kier molecular flexibility index (Phi) is 10.1. The molecule has 27 heavy (non-hydrogen) atoms. The van der Waals surface area contributed by atoms with Crippen LogP contribution in [0.25, 0.3) is 0 Å². The van der Waals surface area contributed by atoms with Crippen LogP contribution in [0.4, 0.5) is 9.59 Å². The van der Waals surface area contributed by atoms with E-state index >= 15 is 0 Å². The zero-order valence-corrected chi connectivity index (χ0v) is 18.3. The lowest BCUT2D eigenvalue weighted by Gasteiger charge is -2.27. The predicted molar refractivity (Wildman–Crippen MR) is 102 cm³/mol. The van der Waals surface area contributed by atoms with Gasteiger partial charge in [0.15, 0.2) is 0 Å². The van der Waals surface area contributed by atoms with Gasteiger partial charge in [-0.3, -0.25) is 4.18 Å². The van der Waals surface area contributed by atoms with Crippen molar-refractivity contribution < 1.29 is 31.7 Å². The molecule has 0 aliphatic carbocycles. The summed E-state index contributed by atoms with van der Waals surface area (Å²) in [6.45, 7) is 11.5. The van der Waals surface area contributed by atoms with E-state index in [4.69, 9.17) is 9.47 Å². The van der Waals surface area contributed by atoms with Crippen LogP contribution in [0, 0.1) is 0 Å². The molecule has 0 saturated heterocycles. The predicted octanol–water partition coefficient (Wildman–Crippen LogP) is 2.50. The van der Waals surface area contributed by atoms with Gasteiger partial charge in [0.25, 0.3) is 10.1 Å². The molecule has 0 spiro atoms. The maximum atomic E-state index is 12.3. The number of hydrogen-bond acceptors (Lipinski definition) is 7. The third-order valence-electron chi connectivity index (χ3n) is 2.79. The van der Waals surface area contributed by atoms with E-state index in [0.29, 0.717) is 25.9 Å². The molecule has 9 nitrogen and oxygen atoms in total. The summed E-state index contributed by atoms with van der Waals surface area (Å²) in [5, 5.41) is 2.62. The number of carbonyl (C=O) groups is 2. The second-order valence-electron chi connectivity index (χ2n) is 8.13. The highest BCUT2D eigenvalue weighted by atomic mass is 32.2. The summed E-state index contributed by atoms with van der Waals surface area (Å²) in [6.07, 6.45) is 0.782. The maximum Gasteiger partial charge on any atom is 0.410 e. The fourth-order valence-electron chi connectivity index (χ4n) is 1.86. The molecule has 0 saturated carbocycles. The molecule has 0 atom stereocenters. The van der Waals surface area contributed by atoms with Gasteiger partial charge in [-0.25, -0.2) is 9.59 Å². The summed E-state index contributed by atoms with van der Waals surface area (Å²) in [7, 11) is -3.51. The van der Waals surface area contributed by atoms with Crippen molar-refractivity contribution in [1.82, 2.24) is 10.2 Å². The topological polar surface area (TPSA) is 111 Å². The molecular formula is C17H34N2O7S. The van der Waals surface area contributed by atoms with Gasteiger partial charge in [-0.05, 0) is 54.4 Å². The molecule has 0 aromatic rings. The average molecular weight is 411 g/mol. The molecule has 10 heteroatoms. The van der Waals surface area contributed by atoms with Gasteiger partial charge in [-0.1, -0.05) is 0 Å². The van der Waals surface area contributed by atoms with Crippen LogP contribution in [0.2, 0.25) is 0 Å². The Balaban J connectivity index is 4.49. The van der Waals surface area contributed by atoms with Gasteiger partial charge in [0.1, 0.15) is 11.2 Å². The molecule has 1 N–H and O–H groups in total. The van der Waals surface area contributed by atoms with Crippen LogP contribution >= 0.6 is 0 Å². The van der Waals surface area contributed by atoms with Crippen LogP contribution in [0.5, 0.6) is 0 Å². The second kappa shape index (κ2) is 10.7. The summed E-state index contributed by atoms with van der Waals surface area (Å²) in [5.74, 6) is 0. The minimum absolute atomic E-state index is 0.0196. The Bertz CT molecular complexity index is 577. The van der Waals surface area contributed by atoms with Gasteiger partial charge >= 0.3 is 12.2 Å². The van der Waals surface area contributed by atoms with E-state index in [2.05, 4.69) is 9.50 Å². The van der Waals surface area contributed by atoms with Gasteiger partial charge in [0.2, 0.25) is 0 Å². The molecule has 0 bridgehead atoms. The first-order valence-electron chi connectivity index (χ1n) is 8.88. The highest BCUT2D eigenvalue weighted by Crippen LogP contribution is 2.11. The van der Waals surface area contributed by atoms with Gasteiger partial charge in [-0.2, -0.15) is 8.42 Å². The Morgan fingerprint density at radius 1 is 0.926 bits per heavy atom. The molecule has 0 radical (unpaired) electrons. The summed E-state index contributed by atoms with van der Waals surface area (Å²) in [6, 6.07) is 0. The van der Waals surface area contributed by atoms with E-state index in [9.17, 15) is 18.0 Å². The van der Waals surface area contributed by atoms with Crippen LogP contribution in [0.1, 0.15) is 54.4 Å². The standard InChI is InChI=1S/C17H34N2O7S/c1-16(2,3)25-14(20)18-10-8-11-19(15(21)26-17(4,5)6)12-9-13-24-27(7,22)23/h8-13H2,1-7H3,(H,18,20). The van der Waals surface area contributed by atoms with Crippen LogP contribution in [0.3, 0.4) is 0 Å². The van der Waals surface area contributed by atoms with E-state index in [0.717, 1.165) is 6.26 Å². The van der Waals surface area contributed by atoms with E-state index in [1.165, 1.54) is 4.90 Å². The van der Waals surface area contributed by atoms with E-state index in [1.54, 1.807) is 41.5 Å². The summed E-state index contributed by atoms with van der Waals surface area (Å²) < 4.78 is 37.2. The molecule has 160 valence electrons. The molecule has 0 heterocycles. The van der Waals surface area contributed by atoms with Crippen molar-refractivity contribution in [3.05, 3.63) is 0 Å². The lowest BCUT2D eigenvalue weighted by atomic mass is 10.2. The summed E-state index contributed by atoms with van der Waals surface area (Å²) >= 11 is 0. The number of nitrogens with one attached hydrogen (secondary N) is 1. The number of ether oxygens (including phenoxy) is 2. The number of amides is 2. The van der Waals surface area contributed by atoms with Gasteiger partial charge < -0.3 is 19.7 Å². The lowest BCUT2D eigenvalue weighted by molar-refractivity contribution is 0.0240. The first kappa shape index (κ1) is 25.4. The van der Waals surface area contributed by atoms with Crippen molar-refractivity contribution >= 4 is 22.3 Å². The number of alkyl carbamates (subject to hydrolysis) is 1. The van der Waals surface area contributed by atoms with Crippen molar-refractivity contribution in [3.63, 3.8) is 0 Å². The molecule has 0 rings (SSSR count). The van der Waals surface area contributed by atoms with Crippen molar-refractivity contribution in [2.24, 2.45) is 0 Å². The first-order valence-corrected chi connectivity index (χ1v) is 10.7. The smallest absolute Gasteiger partial charge is 0.410 e. The van der Waals surface area contributed by atoms with Crippen molar-refractivity contribution in [3.8, 4) is 0 Å². The van der Waals surface area contributed by atoms with Gasteiger partial charge in [-0.15, -0.1) is 0 Å². The minimum atomic E-state index is -3.51. The van der Waals surface area contributed by atoms with Crippen molar-refractivity contribution in [2.45, 2.75) is 65.6 Å². The monoisotopic (exact) mass is 410 g/mol. The highest BCUT2D eigenvalue weighted by Gasteiger charge is 2.22. The van der Waals surface area contributed by atoms with Crippen LogP contribution < -0.4 is 5.32 Å². The maximum absolute atomic E-state index is 12.3.